The Morgan fingerprint density at radius 2 is 1.64 bits per heavy atom. The predicted octanol–water partition coefficient (Wildman–Crippen LogP) is 6.22. The van der Waals surface area contributed by atoms with E-state index in [1.807, 2.05) is 11.8 Å². The van der Waals surface area contributed by atoms with Gasteiger partial charge < -0.3 is 19.5 Å². The highest BCUT2D eigenvalue weighted by molar-refractivity contribution is 6.43. The van der Waals surface area contributed by atoms with Gasteiger partial charge in [0.2, 0.25) is 5.91 Å². The van der Waals surface area contributed by atoms with Gasteiger partial charge in [0, 0.05) is 38.2 Å². The highest BCUT2D eigenvalue weighted by atomic mass is 35.5. The molecule has 6 nitrogen and oxygen atoms in total. The second-order valence-corrected chi connectivity index (χ2v) is 8.77. The number of rotatable bonds is 5. The average Bonchev–Trinajstić information content (AvgIpc) is 3.31. The molecule has 1 aliphatic heterocycles. The molecule has 0 unspecified atom stereocenters. The molecule has 1 aliphatic rings. The molecular formula is C24H22Cl3N3O3. The fraction of sp³-hybridized carbons (Fsp3) is 0.250. The molecular weight excluding hydrogens is 485 g/mol. The molecule has 0 bridgehead atoms. The van der Waals surface area contributed by atoms with Crippen LogP contribution in [-0.4, -0.2) is 42.9 Å². The van der Waals surface area contributed by atoms with Gasteiger partial charge >= 0.3 is 0 Å². The first-order valence-electron chi connectivity index (χ1n) is 10.6. The van der Waals surface area contributed by atoms with E-state index in [9.17, 15) is 9.59 Å². The van der Waals surface area contributed by atoms with Crippen LogP contribution in [0.15, 0.2) is 52.9 Å². The van der Waals surface area contributed by atoms with Crippen molar-refractivity contribution in [2.75, 3.05) is 36.4 Å². The molecule has 172 valence electrons. The lowest BCUT2D eigenvalue weighted by atomic mass is 10.2. The van der Waals surface area contributed by atoms with Crippen LogP contribution in [0.1, 0.15) is 23.9 Å². The van der Waals surface area contributed by atoms with E-state index in [2.05, 4.69) is 10.2 Å². The number of amides is 2. The molecule has 4 rings (SSSR count). The van der Waals surface area contributed by atoms with Crippen molar-refractivity contribution in [3.63, 3.8) is 0 Å². The summed E-state index contributed by atoms with van der Waals surface area (Å²) in [6.45, 7) is 4.31. The Kier molecular flexibility index (Phi) is 7.17. The smallest absolute Gasteiger partial charge is 0.291 e. The van der Waals surface area contributed by atoms with E-state index in [4.69, 9.17) is 39.2 Å². The number of halogens is 3. The van der Waals surface area contributed by atoms with Gasteiger partial charge in [-0.05, 0) is 36.4 Å². The Morgan fingerprint density at radius 3 is 2.36 bits per heavy atom. The average molecular weight is 507 g/mol. The standard InChI is InChI=1S/C24H22Cl3N3O3/c1-2-21(31)29-11-13-30(14-12-29)23-17(26)7-4-8-18(23)28-24(32)20-10-9-19(33-20)15-5-3-6-16(25)22(15)27/h3-10H,2,11-14H2,1H3,(H,28,32). The van der Waals surface area contributed by atoms with Crippen LogP contribution in [0, 0.1) is 0 Å². The number of furan rings is 1. The molecule has 1 N–H and O–H groups in total. The summed E-state index contributed by atoms with van der Waals surface area (Å²) in [6.07, 6.45) is 0.485. The van der Waals surface area contributed by atoms with Gasteiger partial charge in [0.15, 0.2) is 5.76 Å². The van der Waals surface area contributed by atoms with Gasteiger partial charge in [0.1, 0.15) is 5.76 Å². The van der Waals surface area contributed by atoms with Gasteiger partial charge in [-0.1, -0.05) is 53.9 Å². The molecule has 2 amide bonds. The number of nitrogens with zero attached hydrogens (tertiary/aromatic N) is 2. The first-order chi connectivity index (χ1) is 15.9. The lowest BCUT2D eigenvalue weighted by Gasteiger charge is -2.37. The van der Waals surface area contributed by atoms with Gasteiger partial charge in [-0.2, -0.15) is 0 Å². The topological polar surface area (TPSA) is 65.8 Å². The van der Waals surface area contributed by atoms with Crippen molar-refractivity contribution in [1.82, 2.24) is 4.90 Å². The van der Waals surface area contributed by atoms with Crippen molar-refractivity contribution in [3.8, 4) is 11.3 Å². The van der Waals surface area contributed by atoms with E-state index >= 15 is 0 Å². The van der Waals surface area contributed by atoms with E-state index in [0.717, 1.165) is 5.69 Å². The molecule has 0 spiro atoms. The molecule has 1 saturated heterocycles. The number of nitrogens with one attached hydrogen (secondary N) is 1. The summed E-state index contributed by atoms with van der Waals surface area (Å²) in [6, 6.07) is 13.8. The Bertz CT molecular complexity index is 1190. The Labute approximate surface area is 207 Å². The zero-order chi connectivity index (χ0) is 23.5. The lowest BCUT2D eigenvalue weighted by molar-refractivity contribution is -0.131. The second kappa shape index (κ2) is 10.1. The van der Waals surface area contributed by atoms with Crippen molar-refractivity contribution in [3.05, 3.63) is 69.4 Å². The van der Waals surface area contributed by atoms with Crippen LogP contribution in [0.25, 0.3) is 11.3 Å². The van der Waals surface area contributed by atoms with E-state index in [1.165, 1.54) is 0 Å². The minimum Gasteiger partial charge on any atom is -0.451 e. The molecule has 1 fully saturated rings. The summed E-state index contributed by atoms with van der Waals surface area (Å²) in [5.74, 6) is 0.291. The van der Waals surface area contributed by atoms with Gasteiger partial charge in [0.25, 0.3) is 5.91 Å². The van der Waals surface area contributed by atoms with E-state index in [-0.39, 0.29) is 11.7 Å². The van der Waals surface area contributed by atoms with E-state index in [1.54, 1.807) is 48.5 Å². The highest BCUT2D eigenvalue weighted by Crippen LogP contribution is 2.36. The molecule has 0 atom stereocenters. The maximum atomic E-state index is 13.0. The van der Waals surface area contributed by atoms with E-state index < -0.39 is 5.91 Å². The van der Waals surface area contributed by atoms with Crippen LogP contribution < -0.4 is 10.2 Å². The Balaban J connectivity index is 1.53. The van der Waals surface area contributed by atoms with Crippen molar-refractivity contribution in [2.45, 2.75) is 13.3 Å². The summed E-state index contributed by atoms with van der Waals surface area (Å²) >= 11 is 18.9. The number of benzene rings is 2. The molecule has 2 aromatic carbocycles. The van der Waals surface area contributed by atoms with Crippen LogP contribution in [0.4, 0.5) is 11.4 Å². The van der Waals surface area contributed by atoms with Crippen molar-refractivity contribution in [2.24, 2.45) is 0 Å². The molecule has 0 saturated carbocycles. The summed E-state index contributed by atoms with van der Waals surface area (Å²) in [4.78, 5) is 28.9. The van der Waals surface area contributed by atoms with Gasteiger partial charge in [-0.15, -0.1) is 0 Å². The third kappa shape index (κ3) is 4.98. The number of para-hydroxylation sites is 1. The van der Waals surface area contributed by atoms with Crippen LogP contribution in [0.2, 0.25) is 15.1 Å². The zero-order valence-electron chi connectivity index (χ0n) is 17.9. The first kappa shape index (κ1) is 23.5. The zero-order valence-corrected chi connectivity index (χ0v) is 20.2. The summed E-state index contributed by atoms with van der Waals surface area (Å²) in [5, 5.41) is 4.19. The SMILES string of the molecule is CCC(=O)N1CCN(c2c(Cl)cccc2NC(=O)c2ccc(-c3cccc(Cl)c3Cl)o2)CC1. The van der Waals surface area contributed by atoms with E-state index in [0.29, 0.717) is 64.7 Å². The van der Waals surface area contributed by atoms with Crippen LogP contribution >= 0.6 is 34.8 Å². The van der Waals surface area contributed by atoms with Crippen LogP contribution in [0.3, 0.4) is 0 Å². The number of hydrogen-bond donors (Lipinski definition) is 1. The highest BCUT2D eigenvalue weighted by Gasteiger charge is 2.24. The van der Waals surface area contributed by atoms with Crippen molar-refractivity contribution >= 4 is 58.0 Å². The summed E-state index contributed by atoms with van der Waals surface area (Å²) < 4.78 is 5.76. The van der Waals surface area contributed by atoms with Crippen molar-refractivity contribution < 1.29 is 14.0 Å². The van der Waals surface area contributed by atoms with Gasteiger partial charge in [-0.25, -0.2) is 0 Å². The van der Waals surface area contributed by atoms with Crippen LogP contribution in [0.5, 0.6) is 0 Å². The predicted molar refractivity (Wildman–Crippen MR) is 133 cm³/mol. The number of hydrogen-bond acceptors (Lipinski definition) is 4. The minimum atomic E-state index is -0.414. The molecule has 1 aromatic heterocycles. The number of anilines is 2. The number of carbonyl (C=O) groups is 2. The monoisotopic (exact) mass is 505 g/mol. The third-order valence-electron chi connectivity index (χ3n) is 5.53. The molecule has 9 heteroatoms. The maximum absolute atomic E-state index is 13.0. The number of piperazine rings is 1. The normalized spacial score (nSPS) is 13.8. The quantitative estimate of drug-likeness (QED) is 0.446. The Morgan fingerprint density at radius 1 is 0.939 bits per heavy atom. The molecule has 33 heavy (non-hydrogen) atoms. The fourth-order valence-corrected chi connectivity index (χ4v) is 4.51. The summed E-state index contributed by atoms with van der Waals surface area (Å²) in [7, 11) is 0. The number of carbonyl (C=O) groups excluding carboxylic acids is 2. The maximum Gasteiger partial charge on any atom is 0.291 e. The van der Waals surface area contributed by atoms with Gasteiger partial charge in [-0.3, -0.25) is 9.59 Å². The molecule has 2 heterocycles. The fourth-order valence-electron chi connectivity index (χ4n) is 3.82. The largest absolute Gasteiger partial charge is 0.451 e. The minimum absolute atomic E-state index is 0.130. The van der Waals surface area contributed by atoms with Gasteiger partial charge in [0.05, 0.1) is 26.4 Å². The third-order valence-corrected chi connectivity index (χ3v) is 6.66. The molecule has 3 aromatic rings. The second-order valence-electron chi connectivity index (χ2n) is 7.58. The molecule has 0 aliphatic carbocycles. The lowest BCUT2D eigenvalue weighted by Crippen LogP contribution is -2.48. The molecule has 0 radical (unpaired) electrons. The summed E-state index contributed by atoms with van der Waals surface area (Å²) in [5.41, 5.74) is 1.90. The van der Waals surface area contributed by atoms with Crippen LogP contribution in [-0.2, 0) is 4.79 Å². The van der Waals surface area contributed by atoms with Crippen molar-refractivity contribution in [1.29, 1.82) is 0 Å². The first-order valence-corrected chi connectivity index (χ1v) is 11.7. The Hall–Kier alpha value is -2.67.